The Hall–Kier alpha value is -3.22. The highest BCUT2D eigenvalue weighted by molar-refractivity contribution is 5.80. The van der Waals surface area contributed by atoms with Gasteiger partial charge in [0, 0.05) is 12.1 Å². The molecule has 0 fully saturated rings. The standard InChI is InChI=1S/C16H13N5O2/c1-11-15(19-23-18-11)16-17-13-4-2-3-5-14(13)21(16)10-12-6-8-20(22)9-7-12/h2-9H,10H2,1H3. The van der Waals surface area contributed by atoms with Gasteiger partial charge in [-0.15, -0.1) is 0 Å². The lowest BCUT2D eigenvalue weighted by atomic mass is 10.2. The number of imidazole rings is 1. The predicted octanol–water partition coefficient (Wildman–Crippen LogP) is 2.08. The molecule has 0 saturated carbocycles. The van der Waals surface area contributed by atoms with Gasteiger partial charge >= 0.3 is 0 Å². The van der Waals surface area contributed by atoms with Gasteiger partial charge in [-0.2, -0.15) is 4.73 Å². The van der Waals surface area contributed by atoms with Gasteiger partial charge in [-0.05, 0) is 29.8 Å². The first kappa shape index (κ1) is 13.4. The summed E-state index contributed by atoms with van der Waals surface area (Å²) in [5.74, 6) is 0.698. The topological polar surface area (TPSA) is 83.7 Å². The third-order valence-electron chi connectivity index (χ3n) is 3.73. The molecule has 0 aliphatic rings. The number of nitrogens with zero attached hydrogens (tertiary/aromatic N) is 5. The van der Waals surface area contributed by atoms with Crippen LogP contribution in [0.25, 0.3) is 22.6 Å². The smallest absolute Gasteiger partial charge is 0.180 e. The normalized spacial score (nSPS) is 11.2. The van der Waals surface area contributed by atoms with Crippen molar-refractivity contribution in [3.8, 4) is 11.5 Å². The first-order valence-electron chi connectivity index (χ1n) is 7.15. The van der Waals surface area contributed by atoms with Crippen LogP contribution >= 0.6 is 0 Å². The van der Waals surface area contributed by atoms with Gasteiger partial charge in [0.25, 0.3) is 0 Å². The molecular formula is C16H13N5O2. The average molecular weight is 307 g/mol. The molecule has 0 spiro atoms. The Morgan fingerprint density at radius 3 is 2.65 bits per heavy atom. The lowest BCUT2D eigenvalue weighted by molar-refractivity contribution is -0.605. The van der Waals surface area contributed by atoms with E-state index in [1.165, 1.54) is 12.4 Å². The van der Waals surface area contributed by atoms with Crippen LogP contribution in [0, 0.1) is 12.1 Å². The van der Waals surface area contributed by atoms with Crippen LogP contribution in [0.1, 0.15) is 11.3 Å². The minimum atomic E-state index is 0.572. The quantitative estimate of drug-likeness (QED) is 0.427. The summed E-state index contributed by atoms with van der Waals surface area (Å²) in [6, 6.07) is 11.5. The Kier molecular flexibility index (Phi) is 3.04. The van der Waals surface area contributed by atoms with Gasteiger partial charge in [0.15, 0.2) is 23.9 Å². The van der Waals surface area contributed by atoms with E-state index in [1.807, 2.05) is 35.8 Å². The maximum Gasteiger partial charge on any atom is 0.180 e. The van der Waals surface area contributed by atoms with Gasteiger partial charge in [0.05, 0.1) is 17.6 Å². The minimum Gasteiger partial charge on any atom is -0.619 e. The van der Waals surface area contributed by atoms with Crippen molar-refractivity contribution in [2.75, 3.05) is 0 Å². The number of hydrogen-bond acceptors (Lipinski definition) is 5. The highest BCUT2D eigenvalue weighted by Crippen LogP contribution is 2.26. The van der Waals surface area contributed by atoms with E-state index in [4.69, 9.17) is 4.63 Å². The third-order valence-corrected chi connectivity index (χ3v) is 3.73. The number of para-hydroxylation sites is 2. The van der Waals surface area contributed by atoms with E-state index in [1.54, 1.807) is 12.1 Å². The van der Waals surface area contributed by atoms with Gasteiger partial charge in [0.1, 0.15) is 5.69 Å². The zero-order chi connectivity index (χ0) is 15.8. The molecule has 23 heavy (non-hydrogen) atoms. The third kappa shape index (κ3) is 2.32. The largest absolute Gasteiger partial charge is 0.619 e. The fourth-order valence-corrected chi connectivity index (χ4v) is 2.58. The molecule has 3 heterocycles. The predicted molar refractivity (Wildman–Crippen MR) is 82.3 cm³/mol. The summed E-state index contributed by atoms with van der Waals surface area (Å²) < 4.78 is 7.63. The average Bonchev–Trinajstić information content (AvgIpc) is 3.13. The molecule has 0 bridgehead atoms. The molecule has 114 valence electrons. The molecule has 0 amide bonds. The first-order chi connectivity index (χ1) is 11.2. The molecule has 0 aliphatic carbocycles. The summed E-state index contributed by atoms with van der Waals surface area (Å²) in [5.41, 5.74) is 4.17. The van der Waals surface area contributed by atoms with Crippen molar-refractivity contribution in [3.63, 3.8) is 0 Å². The summed E-state index contributed by atoms with van der Waals surface area (Å²) in [6.45, 7) is 2.40. The number of rotatable bonds is 3. The van der Waals surface area contributed by atoms with Crippen LogP contribution in [-0.2, 0) is 6.54 Å². The van der Waals surface area contributed by atoms with E-state index in [9.17, 15) is 5.21 Å². The van der Waals surface area contributed by atoms with Crippen molar-refractivity contribution in [3.05, 3.63) is 65.3 Å². The van der Waals surface area contributed by atoms with Crippen LogP contribution < -0.4 is 4.73 Å². The molecule has 0 radical (unpaired) electrons. The summed E-state index contributed by atoms with van der Waals surface area (Å²) in [5, 5.41) is 19.0. The van der Waals surface area contributed by atoms with Crippen molar-refractivity contribution in [1.29, 1.82) is 0 Å². The second-order valence-electron chi connectivity index (χ2n) is 5.27. The molecule has 0 aliphatic heterocycles. The maximum atomic E-state index is 11.2. The van der Waals surface area contributed by atoms with E-state index in [-0.39, 0.29) is 0 Å². The molecule has 1 aromatic carbocycles. The number of hydrogen-bond donors (Lipinski definition) is 0. The maximum absolute atomic E-state index is 11.2. The van der Waals surface area contributed by atoms with Crippen molar-refractivity contribution >= 4 is 11.0 Å². The summed E-state index contributed by atoms with van der Waals surface area (Å²) in [7, 11) is 0. The molecule has 0 atom stereocenters. The van der Waals surface area contributed by atoms with Gasteiger partial charge in [-0.3, -0.25) is 0 Å². The fraction of sp³-hybridized carbons (Fsp3) is 0.125. The Morgan fingerprint density at radius 1 is 1.13 bits per heavy atom. The van der Waals surface area contributed by atoms with E-state index in [0.717, 1.165) is 21.3 Å². The van der Waals surface area contributed by atoms with Crippen LogP contribution in [0.4, 0.5) is 0 Å². The highest BCUT2D eigenvalue weighted by atomic mass is 16.6. The molecule has 7 nitrogen and oxygen atoms in total. The molecule has 3 aromatic heterocycles. The monoisotopic (exact) mass is 307 g/mol. The Labute approximate surface area is 131 Å². The van der Waals surface area contributed by atoms with Crippen LogP contribution in [0.5, 0.6) is 0 Å². The highest BCUT2D eigenvalue weighted by Gasteiger charge is 2.18. The van der Waals surface area contributed by atoms with E-state index >= 15 is 0 Å². The lowest BCUT2D eigenvalue weighted by Gasteiger charge is -2.08. The van der Waals surface area contributed by atoms with Crippen LogP contribution in [0.3, 0.4) is 0 Å². The van der Waals surface area contributed by atoms with Gasteiger partial charge in [-0.25, -0.2) is 9.61 Å². The number of aromatic nitrogens is 5. The molecule has 0 unspecified atom stereocenters. The molecule has 0 N–H and O–H groups in total. The van der Waals surface area contributed by atoms with Crippen molar-refractivity contribution in [2.45, 2.75) is 13.5 Å². The van der Waals surface area contributed by atoms with Crippen molar-refractivity contribution < 1.29 is 9.36 Å². The minimum absolute atomic E-state index is 0.572. The van der Waals surface area contributed by atoms with E-state index in [2.05, 4.69) is 15.3 Å². The van der Waals surface area contributed by atoms with Gasteiger partial charge in [0.2, 0.25) is 0 Å². The van der Waals surface area contributed by atoms with Gasteiger partial charge in [-0.1, -0.05) is 17.3 Å². The molecule has 4 rings (SSSR count). The molecule has 4 aromatic rings. The van der Waals surface area contributed by atoms with E-state index in [0.29, 0.717) is 23.8 Å². The van der Waals surface area contributed by atoms with Crippen LogP contribution in [0.2, 0.25) is 0 Å². The number of pyridine rings is 1. The number of fused-ring (bicyclic) bond motifs is 1. The van der Waals surface area contributed by atoms with E-state index < -0.39 is 0 Å². The van der Waals surface area contributed by atoms with Crippen LogP contribution in [-0.4, -0.2) is 19.9 Å². The SMILES string of the molecule is Cc1nonc1-c1nc2ccccc2n1Cc1cc[n+]([O-])cc1. The number of benzene rings is 1. The Balaban J connectivity index is 1.89. The second-order valence-corrected chi connectivity index (χ2v) is 5.27. The molecular weight excluding hydrogens is 294 g/mol. The Morgan fingerprint density at radius 2 is 1.91 bits per heavy atom. The summed E-state index contributed by atoms with van der Waals surface area (Å²) in [6.07, 6.45) is 2.97. The Bertz CT molecular complexity index is 972. The van der Waals surface area contributed by atoms with Crippen LogP contribution in [0.15, 0.2) is 53.4 Å². The zero-order valence-corrected chi connectivity index (χ0v) is 12.4. The fourth-order valence-electron chi connectivity index (χ4n) is 2.58. The summed E-state index contributed by atoms with van der Waals surface area (Å²) in [4.78, 5) is 4.66. The zero-order valence-electron chi connectivity index (χ0n) is 12.4. The van der Waals surface area contributed by atoms with Crippen molar-refractivity contribution in [1.82, 2.24) is 19.9 Å². The molecule has 0 saturated heterocycles. The lowest BCUT2D eigenvalue weighted by Crippen LogP contribution is -2.24. The first-order valence-corrected chi connectivity index (χ1v) is 7.15. The number of aryl methyl sites for hydroxylation is 1. The molecule has 7 heteroatoms. The van der Waals surface area contributed by atoms with Gasteiger partial charge < -0.3 is 9.77 Å². The summed E-state index contributed by atoms with van der Waals surface area (Å²) >= 11 is 0. The van der Waals surface area contributed by atoms with Crippen molar-refractivity contribution in [2.24, 2.45) is 0 Å². The second kappa shape index (κ2) is 5.20.